The summed E-state index contributed by atoms with van der Waals surface area (Å²) in [5.41, 5.74) is 2.73. The van der Waals surface area contributed by atoms with Gasteiger partial charge in [-0.05, 0) is 24.5 Å². The zero-order chi connectivity index (χ0) is 17.4. The molecular weight excluding hydrogens is 316 g/mol. The fourth-order valence-electron chi connectivity index (χ4n) is 3.95. The fourth-order valence-corrected chi connectivity index (χ4v) is 3.95. The lowest BCUT2D eigenvalue weighted by Crippen LogP contribution is -2.46. The minimum atomic E-state index is -0.488. The van der Waals surface area contributed by atoms with Crippen molar-refractivity contribution in [3.05, 3.63) is 53.6 Å². The summed E-state index contributed by atoms with van der Waals surface area (Å²) >= 11 is 0. The van der Waals surface area contributed by atoms with Crippen molar-refractivity contribution < 1.29 is 9.90 Å². The molecule has 2 aromatic rings. The highest BCUT2D eigenvalue weighted by Crippen LogP contribution is 2.25. The summed E-state index contributed by atoms with van der Waals surface area (Å²) in [5.74, 6) is 0.873. The van der Waals surface area contributed by atoms with Crippen LogP contribution in [0.15, 0.2) is 36.7 Å². The number of nitrogens with zero attached hydrogens (tertiary/aromatic N) is 4. The number of aliphatic hydroxyl groups is 1. The molecule has 0 radical (unpaired) electrons. The first-order chi connectivity index (χ1) is 12.1. The van der Waals surface area contributed by atoms with Crippen LogP contribution in [0.4, 0.5) is 0 Å². The van der Waals surface area contributed by atoms with Crippen LogP contribution >= 0.6 is 0 Å². The lowest BCUT2D eigenvalue weighted by atomic mass is 9.98. The van der Waals surface area contributed by atoms with Crippen LogP contribution in [0.5, 0.6) is 0 Å². The molecule has 2 aliphatic heterocycles. The number of aromatic nitrogens is 2. The van der Waals surface area contributed by atoms with Crippen molar-refractivity contribution in [1.29, 1.82) is 0 Å². The van der Waals surface area contributed by atoms with Gasteiger partial charge in [-0.3, -0.25) is 9.69 Å². The summed E-state index contributed by atoms with van der Waals surface area (Å²) in [6, 6.07) is 8.50. The van der Waals surface area contributed by atoms with E-state index in [9.17, 15) is 9.90 Å². The average molecular weight is 340 g/mol. The van der Waals surface area contributed by atoms with Crippen molar-refractivity contribution >= 4 is 5.91 Å². The Bertz CT molecular complexity index is 772. The summed E-state index contributed by atoms with van der Waals surface area (Å²) in [4.78, 5) is 20.8. The van der Waals surface area contributed by atoms with E-state index in [1.807, 2.05) is 17.7 Å². The van der Waals surface area contributed by atoms with Crippen molar-refractivity contribution in [1.82, 2.24) is 19.4 Å². The molecule has 3 heterocycles. The van der Waals surface area contributed by atoms with E-state index in [4.69, 9.17) is 0 Å². The first-order valence-corrected chi connectivity index (χ1v) is 8.86. The van der Waals surface area contributed by atoms with E-state index >= 15 is 0 Å². The second-order valence-electron chi connectivity index (χ2n) is 7.02. The summed E-state index contributed by atoms with van der Waals surface area (Å²) in [7, 11) is 0. The Morgan fingerprint density at radius 3 is 2.84 bits per heavy atom. The lowest BCUT2D eigenvalue weighted by molar-refractivity contribution is -0.131. The van der Waals surface area contributed by atoms with Crippen LogP contribution in [-0.2, 0) is 24.3 Å². The maximum absolute atomic E-state index is 12.6. The summed E-state index contributed by atoms with van der Waals surface area (Å²) < 4.78 is 1.85. The minimum Gasteiger partial charge on any atom is -0.390 e. The SMILES string of the molecule is Cc1nccn1CC(=O)N1C[C@@H](O)[C@H](N2CCc3ccccc3C2)C1. The van der Waals surface area contributed by atoms with E-state index in [2.05, 4.69) is 34.1 Å². The predicted octanol–water partition coefficient (Wildman–Crippen LogP) is 0.822. The van der Waals surface area contributed by atoms with Crippen LogP contribution in [0.1, 0.15) is 17.0 Å². The average Bonchev–Trinajstić information content (AvgIpc) is 3.20. The number of aryl methyl sites for hydroxylation is 1. The highest BCUT2D eigenvalue weighted by atomic mass is 16.3. The third kappa shape index (κ3) is 3.19. The Hall–Kier alpha value is -2.18. The molecule has 1 amide bonds. The van der Waals surface area contributed by atoms with Gasteiger partial charge in [0.05, 0.1) is 12.1 Å². The summed E-state index contributed by atoms with van der Waals surface area (Å²) in [6.07, 6.45) is 4.04. The van der Waals surface area contributed by atoms with Gasteiger partial charge in [0, 0.05) is 38.6 Å². The number of benzene rings is 1. The zero-order valence-electron chi connectivity index (χ0n) is 14.5. The van der Waals surface area contributed by atoms with Crippen molar-refractivity contribution in [2.24, 2.45) is 0 Å². The van der Waals surface area contributed by atoms with E-state index in [0.29, 0.717) is 13.1 Å². The van der Waals surface area contributed by atoms with Crippen LogP contribution in [0.3, 0.4) is 0 Å². The molecule has 1 saturated heterocycles. The summed E-state index contributed by atoms with van der Waals surface area (Å²) in [6.45, 7) is 4.96. The lowest BCUT2D eigenvalue weighted by Gasteiger charge is -2.34. The van der Waals surface area contributed by atoms with Gasteiger partial charge < -0.3 is 14.6 Å². The molecule has 6 nitrogen and oxygen atoms in total. The molecule has 0 spiro atoms. The van der Waals surface area contributed by atoms with Gasteiger partial charge in [-0.1, -0.05) is 24.3 Å². The minimum absolute atomic E-state index is 0.0150. The van der Waals surface area contributed by atoms with Crippen molar-refractivity contribution in [2.75, 3.05) is 19.6 Å². The number of amides is 1. The van der Waals surface area contributed by atoms with Gasteiger partial charge in [-0.15, -0.1) is 0 Å². The van der Waals surface area contributed by atoms with Crippen molar-refractivity contribution in [2.45, 2.75) is 38.6 Å². The normalized spacial score (nSPS) is 23.7. The maximum atomic E-state index is 12.6. The van der Waals surface area contributed by atoms with Crippen LogP contribution in [0.2, 0.25) is 0 Å². The van der Waals surface area contributed by atoms with Gasteiger partial charge in [0.15, 0.2) is 0 Å². The Morgan fingerprint density at radius 2 is 2.08 bits per heavy atom. The van der Waals surface area contributed by atoms with E-state index < -0.39 is 6.10 Å². The molecule has 2 atom stereocenters. The largest absolute Gasteiger partial charge is 0.390 e. The Morgan fingerprint density at radius 1 is 1.28 bits per heavy atom. The van der Waals surface area contributed by atoms with Crippen LogP contribution < -0.4 is 0 Å². The van der Waals surface area contributed by atoms with Crippen molar-refractivity contribution in [3.8, 4) is 0 Å². The molecule has 0 saturated carbocycles. The topological polar surface area (TPSA) is 61.6 Å². The van der Waals surface area contributed by atoms with Crippen molar-refractivity contribution in [3.63, 3.8) is 0 Å². The standard InChI is InChI=1S/C19H24N4O2/c1-14-20-7-9-21(14)13-19(25)23-11-17(18(24)12-23)22-8-6-15-4-2-3-5-16(15)10-22/h2-5,7,9,17-18,24H,6,8,10-13H2,1H3/t17-,18-/m1/s1. The smallest absolute Gasteiger partial charge is 0.242 e. The fraction of sp³-hybridized carbons (Fsp3) is 0.474. The molecule has 25 heavy (non-hydrogen) atoms. The van der Waals surface area contributed by atoms with E-state index in [-0.39, 0.29) is 18.5 Å². The monoisotopic (exact) mass is 340 g/mol. The number of rotatable bonds is 3. The van der Waals surface area contributed by atoms with Crippen LogP contribution in [-0.4, -0.2) is 62.1 Å². The predicted molar refractivity (Wildman–Crippen MR) is 93.9 cm³/mol. The molecule has 4 rings (SSSR count). The molecule has 6 heteroatoms. The molecule has 1 aromatic heterocycles. The first-order valence-electron chi connectivity index (χ1n) is 8.86. The van der Waals surface area contributed by atoms with Gasteiger partial charge in [0.25, 0.3) is 0 Å². The number of carbonyl (C=O) groups is 1. The summed E-state index contributed by atoms with van der Waals surface area (Å²) in [5, 5.41) is 10.5. The molecule has 0 aliphatic carbocycles. The number of fused-ring (bicyclic) bond motifs is 1. The molecule has 1 N–H and O–H groups in total. The third-order valence-corrected chi connectivity index (χ3v) is 5.47. The molecular formula is C19H24N4O2. The van der Waals surface area contributed by atoms with Gasteiger partial charge >= 0.3 is 0 Å². The zero-order valence-corrected chi connectivity index (χ0v) is 14.5. The molecule has 2 aliphatic rings. The van der Waals surface area contributed by atoms with E-state index in [0.717, 1.165) is 25.3 Å². The third-order valence-electron chi connectivity index (χ3n) is 5.47. The number of β-amino-alcohol motifs (C(OH)–C–C–N with tert-alkyl or cyclic N) is 1. The second-order valence-corrected chi connectivity index (χ2v) is 7.02. The van der Waals surface area contributed by atoms with Gasteiger partial charge in [-0.25, -0.2) is 4.98 Å². The van der Waals surface area contributed by atoms with Gasteiger partial charge in [-0.2, -0.15) is 0 Å². The molecule has 1 aromatic carbocycles. The Kier molecular flexibility index (Phi) is 4.31. The maximum Gasteiger partial charge on any atom is 0.242 e. The van der Waals surface area contributed by atoms with E-state index in [1.54, 1.807) is 11.1 Å². The quantitative estimate of drug-likeness (QED) is 0.899. The number of aliphatic hydroxyl groups excluding tert-OH is 1. The molecule has 1 fully saturated rings. The highest BCUT2D eigenvalue weighted by Gasteiger charge is 2.38. The first kappa shape index (κ1) is 16.3. The second kappa shape index (κ2) is 6.61. The van der Waals surface area contributed by atoms with Gasteiger partial charge in [0.1, 0.15) is 12.4 Å². The number of hydrogen-bond acceptors (Lipinski definition) is 4. The molecule has 132 valence electrons. The van der Waals surface area contributed by atoms with Gasteiger partial charge in [0.2, 0.25) is 5.91 Å². The molecule has 0 bridgehead atoms. The van der Waals surface area contributed by atoms with E-state index in [1.165, 1.54) is 11.1 Å². The number of likely N-dealkylation sites (tertiary alicyclic amines) is 1. The number of hydrogen-bond donors (Lipinski definition) is 1. The van der Waals surface area contributed by atoms with Crippen LogP contribution in [0.25, 0.3) is 0 Å². The Labute approximate surface area is 147 Å². The van der Waals surface area contributed by atoms with Crippen LogP contribution in [0, 0.1) is 6.92 Å². The molecule has 0 unspecified atom stereocenters. The number of imidazole rings is 1. The Balaban J connectivity index is 1.41. The highest BCUT2D eigenvalue weighted by molar-refractivity contribution is 5.76. The number of carbonyl (C=O) groups excluding carboxylic acids is 1.